The van der Waals surface area contributed by atoms with Crippen molar-refractivity contribution < 1.29 is 13.0 Å². The first-order valence-electron chi connectivity index (χ1n) is 4.75. The fourth-order valence-corrected chi connectivity index (χ4v) is 1.91. The average Bonchev–Trinajstić information content (AvgIpc) is 2.28. The lowest BCUT2D eigenvalue weighted by molar-refractivity contribution is 0.483. The zero-order chi connectivity index (χ0) is 13.2. The van der Waals surface area contributed by atoms with Crippen molar-refractivity contribution in [3.05, 3.63) is 30.5 Å². The first-order valence-corrected chi connectivity index (χ1v) is 6.19. The van der Waals surface area contributed by atoms with Crippen molar-refractivity contribution in [2.24, 2.45) is 0 Å². The molecule has 0 fully saturated rings. The Labute approximate surface area is 103 Å². The van der Waals surface area contributed by atoms with Gasteiger partial charge in [0.15, 0.2) is 5.82 Å². The van der Waals surface area contributed by atoms with Crippen molar-refractivity contribution >= 4 is 27.3 Å². The molecule has 4 N–H and O–H groups in total. The van der Waals surface area contributed by atoms with Crippen LogP contribution in [0.2, 0.25) is 0 Å². The molecule has 0 amide bonds. The summed E-state index contributed by atoms with van der Waals surface area (Å²) in [6.07, 6.45) is 1.45. The van der Waals surface area contributed by atoms with Gasteiger partial charge in [0.05, 0.1) is 11.9 Å². The van der Waals surface area contributed by atoms with Gasteiger partial charge < -0.3 is 11.1 Å². The van der Waals surface area contributed by atoms with Crippen LogP contribution in [0.1, 0.15) is 0 Å². The van der Waals surface area contributed by atoms with Gasteiger partial charge in [-0.25, -0.2) is 0 Å². The number of hydrogen-bond donors (Lipinski definition) is 3. The lowest BCUT2D eigenvalue weighted by Gasteiger charge is -2.07. The van der Waals surface area contributed by atoms with E-state index in [0.717, 1.165) is 0 Å². The van der Waals surface area contributed by atoms with Crippen LogP contribution in [-0.4, -0.2) is 28.4 Å². The minimum atomic E-state index is -4.31. The van der Waals surface area contributed by atoms with Crippen LogP contribution in [0, 0.1) is 0 Å². The van der Waals surface area contributed by atoms with E-state index in [1.165, 1.54) is 24.4 Å². The normalized spacial score (nSPS) is 11.2. The highest BCUT2D eigenvalue weighted by atomic mass is 32.2. The Morgan fingerprint density at radius 1 is 1.28 bits per heavy atom. The molecule has 0 saturated carbocycles. The van der Waals surface area contributed by atoms with Gasteiger partial charge in [-0.2, -0.15) is 8.42 Å². The molecule has 0 spiro atoms. The van der Waals surface area contributed by atoms with Crippen molar-refractivity contribution in [3.63, 3.8) is 0 Å². The summed E-state index contributed by atoms with van der Waals surface area (Å²) in [6.45, 7) is 0. The predicted molar refractivity (Wildman–Crippen MR) is 63.8 cm³/mol. The van der Waals surface area contributed by atoms with Crippen LogP contribution in [0.5, 0.6) is 0 Å². The van der Waals surface area contributed by atoms with Gasteiger partial charge in [-0.15, -0.1) is 10.2 Å². The smallest absolute Gasteiger partial charge is 0.296 e. The Morgan fingerprint density at radius 2 is 2.06 bits per heavy atom. The number of nitrogens with two attached hydrogens (primary N) is 1. The molecule has 8 nitrogen and oxygen atoms in total. The molecule has 0 bridgehead atoms. The third-order valence-corrected chi connectivity index (χ3v) is 2.99. The monoisotopic (exact) mass is 267 g/mol. The number of aromatic nitrogens is 3. The molecule has 9 heteroatoms. The predicted octanol–water partition coefficient (Wildman–Crippen LogP) is 0.444. The third kappa shape index (κ3) is 2.70. The van der Waals surface area contributed by atoms with Crippen LogP contribution < -0.4 is 11.1 Å². The molecule has 1 heterocycles. The fraction of sp³-hybridized carbons (Fsp3) is 0. The SMILES string of the molecule is Nc1cc(Nc2ccnnn2)ccc1S(=O)(=O)O. The molecular weight excluding hydrogens is 258 g/mol. The van der Waals surface area contributed by atoms with E-state index in [4.69, 9.17) is 10.3 Å². The van der Waals surface area contributed by atoms with Gasteiger partial charge in [0.1, 0.15) is 4.90 Å². The molecule has 94 valence electrons. The summed E-state index contributed by atoms with van der Waals surface area (Å²) in [7, 11) is -4.31. The van der Waals surface area contributed by atoms with Gasteiger partial charge in [0, 0.05) is 11.8 Å². The number of nitrogen functional groups attached to an aromatic ring is 1. The molecule has 0 atom stereocenters. The van der Waals surface area contributed by atoms with E-state index in [0.29, 0.717) is 11.5 Å². The average molecular weight is 267 g/mol. The maximum absolute atomic E-state index is 10.9. The Bertz CT molecular complexity index is 659. The van der Waals surface area contributed by atoms with E-state index < -0.39 is 10.1 Å². The zero-order valence-electron chi connectivity index (χ0n) is 8.98. The largest absolute Gasteiger partial charge is 0.398 e. The third-order valence-electron chi connectivity index (χ3n) is 2.06. The second-order valence-corrected chi connectivity index (χ2v) is 4.75. The topological polar surface area (TPSA) is 131 Å². The first-order chi connectivity index (χ1) is 8.47. The van der Waals surface area contributed by atoms with Crippen LogP contribution in [0.4, 0.5) is 17.2 Å². The van der Waals surface area contributed by atoms with Gasteiger partial charge in [-0.05, 0) is 23.4 Å². The maximum atomic E-state index is 10.9. The van der Waals surface area contributed by atoms with Crippen LogP contribution in [0.15, 0.2) is 35.4 Å². The van der Waals surface area contributed by atoms with Crippen LogP contribution in [0.25, 0.3) is 0 Å². The minimum absolute atomic E-state index is 0.0653. The summed E-state index contributed by atoms with van der Waals surface area (Å²) in [6, 6.07) is 5.59. The molecule has 18 heavy (non-hydrogen) atoms. The van der Waals surface area contributed by atoms with Crippen molar-refractivity contribution in [2.45, 2.75) is 4.90 Å². The highest BCUT2D eigenvalue weighted by molar-refractivity contribution is 7.86. The molecule has 0 aliphatic heterocycles. The summed E-state index contributed by atoms with van der Waals surface area (Å²) in [4.78, 5) is -0.339. The molecule has 1 aromatic carbocycles. The summed E-state index contributed by atoms with van der Waals surface area (Å²) < 4.78 is 30.8. The number of benzene rings is 1. The second-order valence-electron chi connectivity index (χ2n) is 3.36. The van der Waals surface area contributed by atoms with Crippen molar-refractivity contribution in [1.82, 2.24) is 15.4 Å². The first kappa shape index (κ1) is 12.2. The molecule has 0 aliphatic rings. The van der Waals surface area contributed by atoms with E-state index in [2.05, 4.69) is 20.7 Å². The van der Waals surface area contributed by atoms with Gasteiger partial charge in [-0.1, -0.05) is 0 Å². The minimum Gasteiger partial charge on any atom is -0.398 e. The lowest BCUT2D eigenvalue weighted by atomic mass is 10.3. The number of hydrogen-bond acceptors (Lipinski definition) is 7. The fourth-order valence-electron chi connectivity index (χ4n) is 1.32. The van der Waals surface area contributed by atoms with Crippen LogP contribution >= 0.6 is 0 Å². The molecule has 0 unspecified atom stereocenters. The highest BCUT2D eigenvalue weighted by Crippen LogP contribution is 2.23. The van der Waals surface area contributed by atoms with E-state index >= 15 is 0 Å². The molecule has 1 aromatic heterocycles. The van der Waals surface area contributed by atoms with Crippen molar-refractivity contribution in [2.75, 3.05) is 11.1 Å². The van der Waals surface area contributed by atoms with E-state index in [9.17, 15) is 8.42 Å². The molecule has 0 saturated heterocycles. The Balaban J connectivity index is 2.30. The second kappa shape index (κ2) is 4.55. The quantitative estimate of drug-likeness (QED) is 0.539. The van der Waals surface area contributed by atoms with E-state index in [-0.39, 0.29) is 10.6 Å². The maximum Gasteiger partial charge on any atom is 0.296 e. The molecule has 2 rings (SSSR count). The van der Waals surface area contributed by atoms with Gasteiger partial charge in [0.25, 0.3) is 10.1 Å². The Kier molecular flexibility index (Phi) is 3.08. The summed E-state index contributed by atoms with van der Waals surface area (Å²) in [5.74, 6) is 0.434. The molecular formula is C9H9N5O3S. The molecule has 0 aliphatic carbocycles. The standard InChI is InChI=1S/C9H9N5O3S/c10-7-5-6(1-2-8(7)18(15,16)17)12-9-3-4-11-14-13-9/h1-5H,10H2,(H,11,12,13)(H,15,16,17). The van der Waals surface area contributed by atoms with Crippen LogP contribution in [0.3, 0.4) is 0 Å². The molecule has 0 radical (unpaired) electrons. The highest BCUT2D eigenvalue weighted by Gasteiger charge is 2.13. The van der Waals surface area contributed by atoms with E-state index in [1.807, 2.05) is 0 Å². The van der Waals surface area contributed by atoms with Crippen molar-refractivity contribution in [1.29, 1.82) is 0 Å². The van der Waals surface area contributed by atoms with E-state index in [1.54, 1.807) is 6.07 Å². The Hall–Kier alpha value is -2.26. The summed E-state index contributed by atoms with van der Waals surface area (Å²) >= 11 is 0. The lowest BCUT2D eigenvalue weighted by Crippen LogP contribution is -2.04. The number of rotatable bonds is 3. The number of nitrogens with zero attached hydrogens (tertiary/aromatic N) is 3. The zero-order valence-corrected chi connectivity index (χ0v) is 9.79. The van der Waals surface area contributed by atoms with Crippen molar-refractivity contribution in [3.8, 4) is 0 Å². The van der Waals surface area contributed by atoms with Gasteiger partial charge >= 0.3 is 0 Å². The van der Waals surface area contributed by atoms with Crippen LogP contribution in [-0.2, 0) is 10.1 Å². The summed E-state index contributed by atoms with van der Waals surface area (Å²) in [5, 5.41) is 13.5. The molecule has 2 aromatic rings. The number of nitrogens with one attached hydrogen (secondary N) is 1. The van der Waals surface area contributed by atoms with Gasteiger partial charge in [-0.3, -0.25) is 4.55 Å². The summed E-state index contributed by atoms with van der Waals surface area (Å²) in [5.41, 5.74) is 5.98. The Morgan fingerprint density at radius 3 is 2.61 bits per heavy atom. The van der Waals surface area contributed by atoms with Gasteiger partial charge in [0.2, 0.25) is 0 Å². The number of anilines is 3.